The lowest BCUT2D eigenvalue weighted by Gasteiger charge is -2.22. The first kappa shape index (κ1) is 12.4. The summed E-state index contributed by atoms with van der Waals surface area (Å²) in [5.41, 5.74) is 2.45. The molecule has 0 aromatic carbocycles. The van der Waals surface area contributed by atoms with E-state index >= 15 is 0 Å². The fraction of sp³-hybridized carbons (Fsp3) is 0.500. The number of ether oxygens (including phenoxy) is 1. The summed E-state index contributed by atoms with van der Waals surface area (Å²) in [5.74, 6) is 6.73. The molecule has 98 valence electrons. The molecule has 0 radical (unpaired) electrons. The summed E-state index contributed by atoms with van der Waals surface area (Å²) in [5, 5.41) is 2.81. The first-order chi connectivity index (χ1) is 8.76. The predicted octanol–water partition coefficient (Wildman–Crippen LogP) is -0.903. The SMILES string of the molecule is COc1c(NN)ncnc1N1CCCNC(=O)C1. The number of hydrazine groups is 1. The van der Waals surface area contributed by atoms with Gasteiger partial charge in [0.15, 0.2) is 11.6 Å². The number of methoxy groups -OCH3 is 1. The van der Waals surface area contributed by atoms with E-state index in [1.54, 1.807) is 0 Å². The normalized spacial score (nSPS) is 15.9. The van der Waals surface area contributed by atoms with Crippen LogP contribution in [0, 0.1) is 0 Å². The van der Waals surface area contributed by atoms with Crippen LogP contribution >= 0.6 is 0 Å². The van der Waals surface area contributed by atoms with Crippen molar-refractivity contribution in [2.75, 3.05) is 37.1 Å². The first-order valence-electron chi connectivity index (χ1n) is 5.63. The van der Waals surface area contributed by atoms with Crippen LogP contribution in [0.3, 0.4) is 0 Å². The minimum Gasteiger partial charge on any atom is -0.490 e. The third-order valence-electron chi connectivity index (χ3n) is 2.69. The van der Waals surface area contributed by atoms with Gasteiger partial charge in [-0.3, -0.25) is 4.79 Å². The Bertz CT molecular complexity index is 438. The van der Waals surface area contributed by atoms with Crippen LogP contribution in [-0.2, 0) is 4.79 Å². The number of hydrogen-bond acceptors (Lipinski definition) is 7. The van der Waals surface area contributed by atoms with E-state index < -0.39 is 0 Å². The summed E-state index contributed by atoms with van der Waals surface area (Å²) in [6.45, 7) is 1.64. The molecule has 1 amide bonds. The maximum absolute atomic E-state index is 11.5. The Morgan fingerprint density at radius 3 is 3.11 bits per heavy atom. The van der Waals surface area contributed by atoms with Crippen LogP contribution in [0.1, 0.15) is 6.42 Å². The van der Waals surface area contributed by atoms with E-state index in [2.05, 4.69) is 20.7 Å². The highest BCUT2D eigenvalue weighted by Gasteiger charge is 2.21. The minimum absolute atomic E-state index is 0.0320. The van der Waals surface area contributed by atoms with Crippen molar-refractivity contribution in [3.63, 3.8) is 0 Å². The average molecular weight is 252 g/mol. The summed E-state index contributed by atoms with van der Waals surface area (Å²) in [6.07, 6.45) is 2.24. The van der Waals surface area contributed by atoms with Gasteiger partial charge >= 0.3 is 0 Å². The molecule has 1 aromatic heterocycles. The molecule has 0 aliphatic carbocycles. The lowest BCUT2D eigenvalue weighted by atomic mass is 10.3. The van der Waals surface area contributed by atoms with Gasteiger partial charge in [0.2, 0.25) is 11.7 Å². The molecule has 1 aromatic rings. The summed E-state index contributed by atoms with van der Waals surface area (Å²) in [6, 6.07) is 0. The average Bonchev–Trinajstić information content (AvgIpc) is 2.62. The highest BCUT2D eigenvalue weighted by atomic mass is 16.5. The van der Waals surface area contributed by atoms with E-state index in [1.807, 2.05) is 4.90 Å². The highest BCUT2D eigenvalue weighted by molar-refractivity contribution is 5.82. The first-order valence-corrected chi connectivity index (χ1v) is 5.63. The van der Waals surface area contributed by atoms with E-state index in [0.717, 1.165) is 13.0 Å². The third kappa shape index (κ3) is 2.43. The van der Waals surface area contributed by atoms with Crippen molar-refractivity contribution < 1.29 is 9.53 Å². The van der Waals surface area contributed by atoms with Crippen LogP contribution in [0.2, 0.25) is 0 Å². The molecule has 1 aliphatic rings. The molecule has 1 aliphatic heterocycles. The smallest absolute Gasteiger partial charge is 0.239 e. The van der Waals surface area contributed by atoms with Crippen molar-refractivity contribution in [2.24, 2.45) is 5.84 Å². The number of amides is 1. The second kappa shape index (κ2) is 5.50. The molecule has 0 unspecified atom stereocenters. The third-order valence-corrected chi connectivity index (χ3v) is 2.69. The second-order valence-corrected chi connectivity index (χ2v) is 3.85. The van der Waals surface area contributed by atoms with E-state index in [4.69, 9.17) is 10.6 Å². The molecular weight excluding hydrogens is 236 g/mol. The Kier molecular flexibility index (Phi) is 3.78. The molecule has 8 nitrogen and oxygen atoms in total. The number of rotatable bonds is 3. The van der Waals surface area contributed by atoms with Crippen molar-refractivity contribution >= 4 is 17.5 Å². The zero-order valence-corrected chi connectivity index (χ0v) is 10.1. The van der Waals surface area contributed by atoms with Crippen molar-refractivity contribution in [3.05, 3.63) is 6.33 Å². The quantitative estimate of drug-likeness (QED) is 0.472. The molecule has 0 spiro atoms. The zero-order valence-electron chi connectivity index (χ0n) is 10.1. The number of aromatic nitrogens is 2. The van der Waals surface area contributed by atoms with E-state index in [9.17, 15) is 4.79 Å². The fourth-order valence-corrected chi connectivity index (χ4v) is 1.87. The van der Waals surface area contributed by atoms with Crippen molar-refractivity contribution in [2.45, 2.75) is 6.42 Å². The monoisotopic (exact) mass is 252 g/mol. The largest absolute Gasteiger partial charge is 0.490 e. The molecule has 18 heavy (non-hydrogen) atoms. The highest BCUT2D eigenvalue weighted by Crippen LogP contribution is 2.31. The molecule has 1 fully saturated rings. The minimum atomic E-state index is -0.0320. The molecule has 2 rings (SSSR count). The van der Waals surface area contributed by atoms with Gasteiger partial charge in [-0.1, -0.05) is 0 Å². The number of nitrogen functional groups attached to an aromatic ring is 1. The van der Waals surface area contributed by atoms with E-state index in [0.29, 0.717) is 23.9 Å². The van der Waals surface area contributed by atoms with E-state index in [-0.39, 0.29) is 12.5 Å². The van der Waals surface area contributed by atoms with Crippen LogP contribution in [0.15, 0.2) is 6.33 Å². The van der Waals surface area contributed by atoms with Gasteiger partial charge in [0.1, 0.15) is 6.33 Å². The van der Waals surface area contributed by atoms with Gasteiger partial charge in [-0.2, -0.15) is 0 Å². The Balaban J connectivity index is 2.33. The van der Waals surface area contributed by atoms with Gasteiger partial charge in [-0.15, -0.1) is 0 Å². The van der Waals surface area contributed by atoms with Gasteiger partial charge in [0.05, 0.1) is 13.7 Å². The van der Waals surface area contributed by atoms with Crippen molar-refractivity contribution in [3.8, 4) is 5.75 Å². The number of anilines is 2. The standard InChI is InChI=1S/C10H16N6O2/c1-18-8-9(15-11)13-6-14-10(8)16-4-2-3-12-7(17)5-16/h6H,2-5,11H2,1H3,(H,12,17)(H,13,14,15). The fourth-order valence-electron chi connectivity index (χ4n) is 1.87. The maximum Gasteiger partial charge on any atom is 0.239 e. The zero-order chi connectivity index (χ0) is 13.0. The molecule has 0 atom stereocenters. The molecule has 1 saturated heterocycles. The Hall–Kier alpha value is -2.09. The molecule has 2 heterocycles. The number of hydrogen-bond donors (Lipinski definition) is 3. The molecule has 0 bridgehead atoms. The number of carbonyl (C=O) groups is 1. The molecule has 8 heteroatoms. The number of nitrogens with zero attached hydrogens (tertiary/aromatic N) is 3. The van der Waals surface area contributed by atoms with Crippen molar-refractivity contribution in [1.29, 1.82) is 0 Å². The molecule has 0 saturated carbocycles. The van der Waals surface area contributed by atoms with Crippen LogP contribution in [-0.4, -0.2) is 42.6 Å². The number of nitrogens with one attached hydrogen (secondary N) is 2. The van der Waals surface area contributed by atoms with Crippen LogP contribution in [0.4, 0.5) is 11.6 Å². The van der Waals surface area contributed by atoms with Gasteiger partial charge in [0, 0.05) is 13.1 Å². The predicted molar refractivity (Wildman–Crippen MR) is 66.2 cm³/mol. The van der Waals surface area contributed by atoms with E-state index in [1.165, 1.54) is 13.4 Å². The number of nitrogens with two attached hydrogens (primary N) is 1. The summed E-state index contributed by atoms with van der Waals surface area (Å²) in [7, 11) is 1.51. The van der Waals surface area contributed by atoms with Crippen LogP contribution < -0.4 is 26.2 Å². The Morgan fingerprint density at radius 2 is 2.39 bits per heavy atom. The number of carbonyl (C=O) groups excluding carboxylic acids is 1. The summed E-state index contributed by atoms with van der Waals surface area (Å²) >= 11 is 0. The van der Waals surface area contributed by atoms with Crippen LogP contribution in [0.5, 0.6) is 5.75 Å². The lowest BCUT2D eigenvalue weighted by molar-refractivity contribution is -0.119. The summed E-state index contributed by atoms with van der Waals surface area (Å²) < 4.78 is 5.26. The van der Waals surface area contributed by atoms with Crippen molar-refractivity contribution in [1.82, 2.24) is 15.3 Å². The summed E-state index contributed by atoms with van der Waals surface area (Å²) in [4.78, 5) is 21.5. The van der Waals surface area contributed by atoms with Gasteiger partial charge in [-0.05, 0) is 6.42 Å². The maximum atomic E-state index is 11.5. The van der Waals surface area contributed by atoms with Gasteiger partial charge < -0.3 is 20.4 Å². The Labute approximate surface area is 104 Å². The molecule has 4 N–H and O–H groups in total. The topological polar surface area (TPSA) is 105 Å². The lowest BCUT2D eigenvalue weighted by Crippen LogP contribution is -2.34. The second-order valence-electron chi connectivity index (χ2n) is 3.85. The van der Waals surface area contributed by atoms with Gasteiger partial charge in [0.25, 0.3) is 0 Å². The Morgan fingerprint density at radius 1 is 1.56 bits per heavy atom. The van der Waals surface area contributed by atoms with Gasteiger partial charge in [-0.25, -0.2) is 15.8 Å². The molecular formula is C10H16N6O2. The van der Waals surface area contributed by atoms with Crippen LogP contribution in [0.25, 0.3) is 0 Å².